The van der Waals surface area contributed by atoms with Crippen molar-refractivity contribution in [3.8, 4) is 0 Å². The molecule has 0 fully saturated rings. The van der Waals surface area contributed by atoms with Crippen LogP contribution in [0.1, 0.15) is 79.0 Å². The molecule has 1 aromatic heterocycles. The number of nitrogens with zero attached hydrogens (tertiary/aromatic N) is 1. The van der Waals surface area contributed by atoms with Gasteiger partial charge in [-0.05, 0) is 51.0 Å². The Kier molecular flexibility index (Phi) is 17.6. The van der Waals surface area contributed by atoms with Crippen molar-refractivity contribution in [3.63, 3.8) is 0 Å². The van der Waals surface area contributed by atoms with Crippen molar-refractivity contribution in [2.45, 2.75) is 116 Å². The van der Waals surface area contributed by atoms with E-state index in [-0.39, 0.29) is 50.1 Å². The molecule has 2 aromatic rings. The topological polar surface area (TPSA) is 230 Å². The molecular formula is C36H58N8O7. The molecule has 15 heteroatoms. The van der Waals surface area contributed by atoms with Crippen molar-refractivity contribution in [3.05, 3.63) is 54.1 Å². The quantitative estimate of drug-likeness (QED) is 0.0991. The lowest BCUT2D eigenvalue weighted by Gasteiger charge is -2.29. The summed E-state index contributed by atoms with van der Waals surface area (Å²) in [5.41, 5.74) is 6.03. The van der Waals surface area contributed by atoms with Crippen molar-refractivity contribution in [2.24, 2.45) is 17.6 Å². The van der Waals surface area contributed by atoms with E-state index in [1.165, 1.54) is 12.5 Å². The lowest BCUT2D eigenvalue weighted by atomic mass is 9.96. The van der Waals surface area contributed by atoms with Gasteiger partial charge < -0.3 is 47.1 Å². The monoisotopic (exact) mass is 714 g/mol. The van der Waals surface area contributed by atoms with E-state index >= 15 is 0 Å². The van der Waals surface area contributed by atoms with Crippen LogP contribution in [0.2, 0.25) is 0 Å². The van der Waals surface area contributed by atoms with Crippen molar-refractivity contribution in [2.75, 3.05) is 13.1 Å². The highest BCUT2D eigenvalue weighted by atomic mass is 16.6. The van der Waals surface area contributed by atoms with E-state index in [0.717, 1.165) is 5.56 Å². The summed E-state index contributed by atoms with van der Waals surface area (Å²) in [5.74, 6) is -2.05. The Hall–Kier alpha value is -4.50. The summed E-state index contributed by atoms with van der Waals surface area (Å²) in [6, 6.07) is 5.15. The fraction of sp³-hybridized carbons (Fsp3) is 0.611. The standard InChI is InChI=1S/C36H58N8O7/c1-22(2)15-26(30(45)19-31(46)41-27(16-23(3)4)32(47)39-14-13-37)42-34(49)29(18-25-20-38-21-40-25)43-33(48)28(17-24-11-9-8-10-12-24)44-35(50)51-36(5,6)7/h8-12,20-23,26-30,45H,13-19,37H2,1-7H3,(H,38,40)(H,39,47)(H,41,46)(H,42,49)(H,43,48)(H,44,50)/t26?,27-,28-,29-,30?/m0/s1. The number of rotatable bonds is 20. The van der Waals surface area contributed by atoms with Gasteiger partial charge in [-0.3, -0.25) is 19.2 Å². The maximum absolute atomic E-state index is 13.9. The van der Waals surface area contributed by atoms with Crippen molar-refractivity contribution >= 4 is 29.7 Å². The van der Waals surface area contributed by atoms with Crippen LogP contribution in [0.15, 0.2) is 42.9 Å². The highest BCUT2D eigenvalue weighted by molar-refractivity contribution is 5.92. The molecule has 0 spiro atoms. The second kappa shape index (κ2) is 21.0. The van der Waals surface area contributed by atoms with E-state index in [0.29, 0.717) is 18.5 Å². The first kappa shape index (κ1) is 42.7. The third-order valence-corrected chi connectivity index (χ3v) is 7.62. The molecule has 5 atom stereocenters. The number of hydrogen-bond donors (Lipinski definition) is 8. The molecule has 0 aliphatic rings. The molecule has 5 amide bonds. The first-order valence-electron chi connectivity index (χ1n) is 17.5. The molecule has 2 rings (SSSR count). The number of aromatic nitrogens is 2. The van der Waals surface area contributed by atoms with Crippen LogP contribution in [0, 0.1) is 11.8 Å². The lowest BCUT2D eigenvalue weighted by Crippen LogP contribution is -2.58. The molecule has 0 saturated heterocycles. The average molecular weight is 715 g/mol. The molecule has 0 bridgehead atoms. The van der Waals surface area contributed by atoms with Crippen molar-refractivity contribution in [1.29, 1.82) is 0 Å². The van der Waals surface area contributed by atoms with Gasteiger partial charge in [-0.25, -0.2) is 9.78 Å². The Morgan fingerprint density at radius 1 is 0.843 bits per heavy atom. The summed E-state index contributed by atoms with van der Waals surface area (Å²) < 4.78 is 5.40. The Balaban J connectivity index is 2.27. The van der Waals surface area contributed by atoms with E-state index in [2.05, 4.69) is 36.6 Å². The van der Waals surface area contributed by atoms with Crippen molar-refractivity contribution < 1.29 is 33.8 Å². The number of H-pyrrole nitrogens is 1. The number of aliphatic hydroxyl groups excluding tert-OH is 1. The van der Waals surface area contributed by atoms with Crippen LogP contribution in [0.25, 0.3) is 0 Å². The largest absolute Gasteiger partial charge is 0.444 e. The molecule has 1 heterocycles. The van der Waals surface area contributed by atoms with E-state index in [1.54, 1.807) is 20.8 Å². The summed E-state index contributed by atoms with van der Waals surface area (Å²) in [7, 11) is 0. The van der Waals surface area contributed by atoms with Crippen LogP contribution in [0.4, 0.5) is 4.79 Å². The summed E-state index contributed by atoms with van der Waals surface area (Å²) >= 11 is 0. The summed E-state index contributed by atoms with van der Waals surface area (Å²) in [6.07, 6.45) is 1.31. The van der Waals surface area contributed by atoms with Crippen LogP contribution in [0.3, 0.4) is 0 Å². The highest BCUT2D eigenvalue weighted by Crippen LogP contribution is 2.14. The number of nitrogens with one attached hydrogen (secondary N) is 6. The van der Waals surface area contributed by atoms with Gasteiger partial charge in [0.15, 0.2) is 0 Å². The van der Waals surface area contributed by atoms with Gasteiger partial charge in [0.05, 0.1) is 24.9 Å². The number of alkyl carbamates (subject to hydrolysis) is 1. The predicted molar refractivity (Wildman–Crippen MR) is 193 cm³/mol. The predicted octanol–water partition coefficient (Wildman–Crippen LogP) is 1.46. The molecule has 0 saturated carbocycles. The first-order valence-corrected chi connectivity index (χ1v) is 17.5. The number of aliphatic hydroxyl groups is 1. The summed E-state index contributed by atoms with van der Waals surface area (Å²) in [6.45, 7) is 13.3. The Morgan fingerprint density at radius 3 is 2.04 bits per heavy atom. The lowest BCUT2D eigenvalue weighted by molar-refractivity contribution is -0.132. The Morgan fingerprint density at radius 2 is 1.47 bits per heavy atom. The molecular weight excluding hydrogens is 656 g/mol. The van der Waals surface area contributed by atoms with Gasteiger partial charge in [0.1, 0.15) is 23.7 Å². The number of carbonyl (C=O) groups excluding carboxylic acids is 5. The Labute approximate surface area is 301 Å². The molecule has 1 aromatic carbocycles. The summed E-state index contributed by atoms with van der Waals surface area (Å²) in [5, 5.41) is 24.9. The minimum atomic E-state index is -1.31. The molecule has 2 unspecified atom stereocenters. The SMILES string of the molecule is CC(C)CC(NC(=O)[C@H](Cc1cnc[nH]1)NC(=O)[C@H](Cc1ccccc1)NC(=O)OC(C)(C)C)C(O)CC(=O)N[C@@H](CC(C)C)C(=O)NCCN. The number of nitrogens with two attached hydrogens (primary N) is 1. The van der Waals surface area contributed by atoms with Crippen LogP contribution in [0.5, 0.6) is 0 Å². The first-order chi connectivity index (χ1) is 24.0. The zero-order valence-corrected chi connectivity index (χ0v) is 31.0. The molecule has 15 nitrogen and oxygen atoms in total. The average Bonchev–Trinajstić information content (AvgIpc) is 3.54. The normalized spacial score (nSPS) is 14.5. The van der Waals surface area contributed by atoms with Crippen LogP contribution in [-0.2, 0) is 36.8 Å². The van der Waals surface area contributed by atoms with Gasteiger partial charge in [-0.15, -0.1) is 0 Å². The van der Waals surface area contributed by atoms with Crippen LogP contribution >= 0.6 is 0 Å². The molecule has 0 aliphatic heterocycles. The third-order valence-electron chi connectivity index (χ3n) is 7.62. The number of ether oxygens (including phenoxy) is 1. The highest BCUT2D eigenvalue weighted by Gasteiger charge is 2.33. The minimum absolute atomic E-state index is 0.0117. The number of benzene rings is 1. The molecule has 284 valence electrons. The second-order valence-corrected chi connectivity index (χ2v) is 14.6. The maximum Gasteiger partial charge on any atom is 0.408 e. The van der Waals surface area contributed by atoms with Gasteiger partial charge in [-0.1, -0.05) is 58.0 Å². The summed E-state index contributed by atoms with van der Waals surface area (Å²) in [4.78, 5) is 73.2. The molecule has 9 N–H and O–H groups in total. The zero-order chi connectivity index (χ0) is 38.1. The number of aromatic amines is 1. The number of hydrogen-bond acceptors (Lipinski definition) is 9. The van der Waals surface area contributed by atoms with E-state index in [1.807, 2.05) is 58.0 Å². The van der Waals surface area contributed by atoms with Gasteiger partial charge in [0.2, 0.25) is 23.6 Å². The van der Waals surface area contributed by atoms with Crippen LogP contribution in [-0.4, -0.2) is 93.8 Å². The van der Waals surface area contributed by atoms with E-state index < -0.39 is 59.7 Å². The molecule has 0 radical (unpaired) electrons. The number of carbonyl (C=O) groups is 5. The van der Waals surface area contributed by atoms with E-state index in [9.17, 15) is 29.1 Å². The minimum Gasteiger partial charge on any atom is -0.444 e. The van der Waals surface area contributed by atoms with E-state index in [4.69, 9.17) is 10.5 Å². The number of imidazole rings is 1. The van der Waals surface area contributed by atoms with Gasteiger partial charge in [0.25, 0.3) is 0 Å². The van der Waals surface area contributed by atoms with Crippen molar-refractivity contribution in [1.82, 2.24) is 36.6 Å². The fourth-order valence-corrected chi connectivity index (χ4v) is 5.32. The molecule has 0 aliphatic carbocycles. The molecule has 51 heavy (non-hydrogen) atoms. The van der Waals surface area contributed by atoms with Gasteiger partial charge in [-0.2, -0.15) is 0 Å². The van der Waals surface area contributed by atoms with Crippen LogP contribution < -0.4 is 32.3 Å². The smallest absolute Gasteiger partial charge is 0.408 e. The third kappa shape index (κ3) is 16.8. The zero-order valence-electron chi connectivity index (χ0n) is 31.0. The van der Waals surface area contributed by atoms with Gasteiger partial charge >= 0.3 is 6.09 Å². The second-order valence-electron chi connectivity index (χ2n) is 14.6. The fourth-order valence-electron chi connectivity index (χ4n) is 5.32. The number of amides is 5. The maximum atomic E-state index is 13.9. The van der Waals surface area contributed by atoms with Gasteiger partial charge in [0, 0.05) is 37.8 Å². The Bertz CT molecular complexity index is 1380.